The lowest BCUT2D eigenvalue weighted by molar-refractivity contribution is 0.314. The second kappa shape index (κ2) is 5.31. The molecule has 2 aromatic heterocycles. The van der Waals surface area contributed by atoms with Gasteiger partial charge < -0.3 is 9.72 Å². The third-order valence-corrected chi connectivity index (χ3v) is 5.31. The van der Waals surface area contributed by atoms with Gasteiger partial charge in [-0.05, 0) is 25.0 Å². The zero-order valence-electron chi connectivity index (χ0n) is 12.3. The van der Waals surface area contributed by atoms with E-state index in [0.717, 1.165) is 29.9 Å². The third-order valence-electron chi connectivity index (χ3n) is 4.04. The van der Waals surface area contributed by atoms with Crippen LogP contribution in [0.4, 0.5) is 5.82 Å². The highest BCUT2D eigenvalue weighted by Crippen LogP contribution is 2.28. The normalized spacial score (nSPS) is 20.8. The van der Waals surface area contributed by atoms with Gasteiger partial charge in [-0.1, -0.05) is 0 Å². The van der Waals surface area contributed by atoms with Crippen LogP contribution in [0.2, 0.25) is 0 Å². The number of rotatable bonds is 3. The summed E-state index contributed by atoms with van der Waals surface area (Å²) in [5.41, 5.74) is 1.97. The van der Waals surface area contributed by atoms with Crippen LogP contribution in [0, 0.1) is 0 Å². The number of nitrogens with one attached hydrogen (secondary N) is 1. The molecule has 1 aliphatic heterocycles. The number of fused-ring (bicyclic) bond motifs is 1. The number of aromatic nitrogens is 2. The summed E-state index contributed by atoms with van der Waals surface area (Å²) >= 11 is 0. The maximum atomic E-state index is 11.7. The van der Waals surface area contributed by atoms with E-state index in [4.69, 9.17) is 0 Å². The average molecular weight is 308 g/mol. The first-order valence-electron chi connectivity index (χ1n) is 7.09. The van der Waals surface area contributed by atoms with E-state index in [9.17, 15) is 8.42 Å². The molecule has 3 heterocycles. The van der Waals surface area contributed by atoms with Crippen LogP contribution in [-0.4, -0.2) is 48.5 Å². The molecule has 1 atom stereocenters. The molecule has 1 fully saturated rings. The Labute approximate surface area is 124 Å². The first-order valence-corrected chi connectivity index (χ1v) is 8.94. The molecule has 0 aliphatic carbocycles. The minimum atomic E-state index is -3.13. The molecule has 1 aliphatic rings. The standard InChI is InChI=1S/C14H20N4O2S/c1-15-14-13-6-4-7-17(13)10-12(16-14)11-5-3-8-18(9-11)21(2,19)20/h4,6-7,10-11H,3,5,8-9H2,1-2H3,(H,15,16)/t11-/m0/s1. The minimum Gasteiger partial charge on any atom is -0.371 e. The summed E-state index contributed by atoms with van der Waals surface area (Å²) in [7, 11) is -1.28. The van der Waals surface area contributed by atoms with Gasteiger partial charge in [0.1, 0.15) is 5.82 Å². The largest absolute Gasteiger partial charge is 0.371 e. The van der Waals surface area contributed by atoms with E-state index in [1.807, 2.05) is 36.0 Å². The topological polar surface area (TPSA) is 66.7 Å². The van der Waals surface area contributed by atoms with Crippen molar-refractivity contribution in [1.29, 1.82) is 0 Å². The van der Waals surface area contributed by atoms with Crippen LogP contribution in [0.3, 0.4) is 0 Å². The zero-order chi connectivity index (χ0) is 15.0. The van der Waals surface area contributed by atoms with E-state index in [0.29, 0.717) is 13.1 Å². The predicted octanol–water partition coefficient (Wildman–Crippen LogP) is 1.51. The van der Waals surface area contributed by atoms with E-state index in [1.54, 1.807) is 4.31 Å². The summed E-state index contributed by atoms with van der Waals surface area (Å²) in [5, 5.41) is 3.11. The quantitative estimate of drug-likeness (QED) is 0.933. The van der Waals surface area contributed by atoms with Gasteiger partial charge in [-0.2, -0.15) is 0 Å². The Morgan fingerprint density at radius 2 is 2.24 bits per heavy atom. The Balaban J connectivity index is 1.96. The molecule has 0 aromatic carbocycles. The molecule has 6 nitrogen and oxygen atoms in total. The Bertz CT molecular complexity index is 753. The van der Waals surface area contributed by atoms with E-state index in [-0.39, 0.29) is 5.92 Å². The molecule has 21 heavy (non-hydrogen) atoms. The van der Waals surface area contributed by atoms with Gasteiger partial charge in [-0.15, -0.1) is 0 Å². The fraction of sp³-hybridized carbons (Fsp3) is 0.500. The van der Waals surface area contributed by atoms with Crippen molar-refractivity contribution in [2.24, 2.45) is 0 Å². The average Bonchev–Trinajstić information content (AvgIpc) is 2.93. The molecular formula is C14H20N4O2S. The Morgan fingerprint density at radius 3 is 2.95 bits per heavy atom. The van der Waals surface area contributed by atoms with Crippen LogP contribution in [0.1, 0.15) is 24.5 Å². The van der Waals surface area contributed by atoms with E-state index >= 15 is 0 Å². The molecule has 0 amide bonds. The van der Waals surface area contributed by atoms with Gasteiger partial charge in [0.05, 0.1) is 17.5 Å². The van der Waals surface area contributed by atoms with Crippen molar-refractivity contribution in [3.63, 3.8) is 0 Å². The van der Waals surface area contributed by atoms with Crippen LogP contribution in [0.5, 0.6) is 0 Å². The minimum absolute atomic E-state index is 0.146. The number of sulfonamides is 1. The van der Waals surface area contributed by atoms with Crippen LogP contribution in [0.15, 0.2) is 24.5 Å². The number of hydrogen-bond acceptors (Lipinski definition) is 4. The van der Waals surface area contributed by atoms with Crippen LogP contribution < -0.4 is 5.32 Å². The number of hydrogen-bond donors (Lipinski definition) is 1. The molecular weight excluding hydrogens is 288 g/mol. The van der Waals surface area contributed by atoms with Gasteiger partial charge in [0.2, 0.25) is 10.0 Å². The molecule has 1 saturated heterocycles. The molecule has 3 rings (SSSR count). The Morgan fingerprint density at radius 1 is 1.43 bits per heavy atom. The van der Waals surface area contributed by atoms with Crippen molar-refractivity contribution in [2.75, 3.05) is 31.7 Å². The van der Waals surface area contributed by atoms with E-state index < -0.39 is 10.0 Å². The lowest BCUT2D eigenvalue weighted by atomic mass is 9.96. The third kappa shape index (κ3) is 2.75. The van der Waals surface area contributed by atoms with Gasteiger partial charge in [0.25, 0.3) is 0 Å². The highest BCUT2D eigenvalue weighted by atomic mass is 32.2. The van der Waals surface area contributed by atoms with Crippen molar-refractivity contribution in [1.82, 2.24) is 13.7 Å². The van der Waals surface area contributed by atoms with Crippen molar-refractivity contribution in [3.8, 4) is 0 Å². The predicted molar refractivity (Wildman–Crippen MR) is 83.1 cm³/mol. The summed E-state index contributed by atoms with van der Waals surface area (Å²) in [6, 6.07) is 3.98. The van der Waals surface area contributed by atoms with Gasteiger partial charge in [0.15, 0.2) is 0 Å². The highest BCUT2D eigenvalue weighted by Gasteiger charge is 2.28. The summed E-state index contributed by atoms with van der Waals surface area (Å²) < 4.78 is 27.1. The molecule has 2 aromatic rings. The first-order chi connectivity index (χ1) is 9.99. The lowest BCUT2D eigenvalue weighted by Gasteiger charge is -2.30. The van der Waals surface area contributed by atoms with Gasteiger partial charge in [-0.25, -0.2) is 17.7 Å². The van der Waals surface area contributed by atoms with Gasteiger partial charge in [0, 0.05) is 38.4 Å². The van der Waals surface area contributed by atoms with Crippen molar-refractivity contribution >= 4 is 21.4 Å². The zero-order valence-corrected chi connectivity index (χ0v) is 13.1. The monoisotopic (exact) mass is 308 g/mol. The first kappa shape index (κ1) is 14.3. The summed E-state index contributed by atoms with van der Waals surface area (Å²) in [4.78, 5) is 4.68. The van der Waals surface area contributed by atoms with E-state index in [2.05, 4.69) is 10.3 Å². The number of anilines is 1. The van der Waals surface area contributed by atoms with Gasteiger partial charge >= 0.3 is 0 Å². The summed E-state index contributed by atoms with van der Waals surface area (Å²) in [6.45, 7) is 1.13. The maximum Gasteiger partial charge on any atom is 0.211 e. The van der Waals surface area contributed by atoms with Gasteiger partial charge in [-0.3, -0.25) is 0 Å². The fourth-order valence-electron chi connectivity index (χ4n) is 2.93. The molecule has 114 valence electrons. The number of nitrogens with zero attached hydrogens (tertiary/aromatic N) is 3. The van der Waals surface area contributed by atoms with Crippen molar-refractivity contribution in [3.05, 3.63) is 30.2 Å². The molecule has 1 N–H and O–H groups in total. The van der Waals surface area contributed by atoms with E-state index in [1.165, 1.54) is 6.26 Å². The Kier molecular flexibility index (Phi) is 3.62. The molecule has 0 saturated carbocycles. The second-order valence-corrected chi connectivity index (χ2v) is 7.51. The maximum absolute atomic E-state index is 11.7. The Hall–Kier alpha value is -1.60. The van der Waals surface area contributed by atoms with Crippen LogP contribution >= 0.6 is 0 Å². The summed E-state index contributed by atoms with van der Waals surface area (Å²) in [6.07, 6.45) is 7.11. The van der Waals surface area contributed by atoms with Crippen LogP contribution in [-0.2, 0) is 10.0 Å². The smallest absolute Gasteiger partial charge is 0.211 e. The molecule has 0 radical (unpaired) electrons. The van der Waals surface area contributed by atoms with Crippen molar-refractivity contribution < 1.29 is 8.42 Å². The lowest BCUT2D eigenvalue weighted by Crippen LogP contribution is -2.38. The molecule has 7 heteroatoms. The number of piperidine rings is 1. The van der Waals surface area contributed by atoms with Crippen molar-refractivity contribution in [2.45, 2.75) is 18.8 Å². The molecule has 0 spiro atoms. The highest BCUT2D eigenvalue weighted by molar-refractivity contribution is 7.88. The summed E-state index contributed by atoms with van der Waals surface area (Å²) in [5.74, 6) is 0.973. The van der Waals surface area contributed by atoms with Crippen LogP contribution in [0.25, 0.3) is 5.52 Å². The molecule has 0 unspecified atom stereocenters. The fourth-order valence-corrected chi connectivity index (χ4v) is 3.84. The molecule has 0 bridgehead atoms. The second-order valence-electron chi connectivity index (χ2n) is 5.53. The SMILES string of the molecule is CNc1nc([C@H]2CCCN(S(C)(=O)=O)C2)cn2cccc12.